The first-order valence-corrected chi connectivity index (χ1v) is 3.06. The van der Waals surface area contributed by atoms with Crippen LogP contribution in [0, 0.1) is 0 Å². The molecule has 0 radical (unpaired) electrons. The number of amidine groups is 1. The van der Waals surface area contributed by atoms with Crippen molar-refractivity contribution in [2.24, 2.45) is 10.7 Å². The van der Waals surface area contributed by atoms with Gasteiger partial charge in [-0.25, -0.2) is 0 Å². The molecule has 0 aliphatic carbocycles. The SMILES string of the molecule is CC/C(N)=N\C(C)Cl. The van der Waals surface area contributed by atoms with Crippen LogP contribution in [0.25, 0.3) is 0 Å². The Morgan fingerprint density at radius 2 is 2.38 bits per heavy atom. The zero-order valence-electron chi connectivity index (χ0n) is 5.19. The maximum absolute atomic E-state index is 5.48. The molecule has 0 heterocycles. The maximum atomic E-state index is 5.48. The van der Waals surface area contributed by atoms with Gasteiger partial charge in [0.15, 0.2) is 0 Å². The van der Waals surface area contributed by atoms with Gasteiger partial charge in [0.1, 0.15) is 5.50 Å². The Balaban J connectivity index is 3.56. The van der Waals surface area contributed by atoms with E-state index >= 15 is 0 Å². The molecule has 0 saturated heterocycles. The predicted octanol–water partition coefficient (Wildman–Crippen LogP) is 1.34. The highest BCUT2D eigenvalue weighted by molar-refractivity contribution is 6.20. The quantitative estimate of drug-likeness (QED) is 0.263. The summed E-state index contributed by atoms with van der Waals surface area (Å²) >= 11 is 5.48. The molecular weight excluding hydrogens is 124 g/mol. The minimum absolute atomic E-state index is 0.185. The number of aliphatic imine (C=N–C) groups is 1. The van der Waals surface area contributed by atoms with E-state index in [2.05, 4.69) is 4.99 Å². The molecule has 0 saturated carbocycles. The molecule has 0 aromatic heterocycles. The first-order valence-electron chi connectivity index (χ1n) is 2.63. The Labute approximate surface area is 54.7 Å². The molecule has 0 aromatic rings. The molecule has 2 nitrogen and oxygen atoms in total. The summed E-state index contributed by atoms with van der Waals surface area (Å²) in [4.78, 5) is 3.86. The van der Waals surface area contributed by atoms with Gasteiger partial charge in [-0.2, -0.15) is 0 Å². The van der Waals surface area contributed by atoms with Crippen LogP contribution in [0.3, 0.4) is 0 Å². The van der Waals surface area contributed by atoms with Crippen molar-refractivity contribution >= 4 is 17.4 Å². The van der Waals surface area contributed by atoms with Crippen LogP contribution in [-0.2, 0) is 0 Å². The molecular formula is C5H11ClN2. The lowest BCUT2D eigenvalue weighted by Crippen LogP contribution is -2.11. The van der Waals surface area contributed by atoms with E-state index < -0.39 is 0 Å². The van der Waals surface area contributed by atoms with Crippen molar-refractivity contribution in [3.05, 3.63) is 0 Å². The summed E-state index contributed by atoms with van der Waals surface area (Å²) in [7, 11) is 0. The van der Waals surface area contributed by atoms with Crippen LogP contribution < -0.4 is 5.73 Å². The molecule has 0 amide bonds. The minimum atomic E-state index is -0.185. The van der Waals surface area contributed by atoms with Gasteiger partial charge < -0.3 is 5.73 Å². The fourth-order valence-corrected chi connectivity index (χ4v) is 0.445. The molecule has 0 rings (SSSR count). The van der Waals surface area contributed by atoms with Gasteiger partial charge in [0.2, 0.25) is 0 Å². The van der Waals surface area contributed by atoms with E-state index in [1.165, 1.54) is 0 Å². The summed E-state index contributed by atoms with van der Waals surface area (Å²) in [5, 5.41) is 0. The highest BCUT2D eigenvalue weighted by Gasteiger charge is 1.89. The average molecular weight is 135 g/mol. The van der Waals surface area contributed by atoms with Crippen LogP contribution in [0.2, 0.25) is 0 Å². The van der Waals surface area contributed by atoms with Crippen LogP contribution in [-0.4, -0.2) is 11.3 Å². The molecule has 0 spiro atoms. The van der Waals surface area contributed by atoms with Gasteiger partial charge in [0.05, 0.1) is 5.84 Å². The van der Waals surface area contributed by atoms with Gasteiger partial charge in [0.25, 0.3) is 0 Å². The summed E-state index contributed by atoms with van der Waals surface area (Å²) in [6.07, 6.45) is 0.775. The van der Waals surface area contributed by atoms with Gasteiger partial charge >= 0.3 is 0 Å². The summed E-state index contributed by atoms with van der Waals surface area (Å²) in [6.45, 7) is 3.72. The van der Waals surface area contributed by atoms with Crippen molar-refractivity contribution < 1.29 is 0 Å². The maximum Gasteiger partial charge on any atom is 0.123 e. The van der Waals surface area contributed by atoms with Crippen LogP contribution in [0.4, 0.5) is 0 Å². The fourth-order valence-electron chi connectivity index (χ4n) is 0.320. The summed E-state index contributed by atoms with van der Waals surface area (Å²) < 4.78 is 0. The van der Waals surface area contributed by atoms with Gasteiger partial charge in [-0.1, -0.05) is 18.5 Å². The normalized spacial score (nSPS) is 16.1. The Hall–Kier alpha value is -0.240. The molecule has 2 N–H and O–H groups in total. The summed E-state index contributed by atoms with van der Waals surface area (Å²) in [6, 6.07) is 0. The van der Waals surface area contributed by atoms with Crippen LogP contribution >= 0.6 is 11.6 Å². The van der Waals surface area contributed by atoms with Crippen molar-refractivity contribution in [1.82, 2.24) is 0 Å². The Kier molecular flexibility index (Phi) is 3.61. The van der Waals surface area contributed by atoms with E-state index in [0.29, 0.717) is 5.84 Å². The lowest BCUT2D eigenvalue weighted by atomic mass is 10.4. The highest BCUT2D eigenvalue weighted by atomic mass is 35.5. The number of rotatable bonds is 2. The molecule has 0 bridgehead atoms. The Bertz CT molecular complexity index is 88.4. The number of halogens is 1. The Morgan fingerprint density at radius 1 is 1.88 bits per heavy atom. The predicted molar refractivity (Wildman–Crippen MR) is 37.2 cm³/mol. The first-order chi connectivity index (χ1) is 3.66. The van der Waals surface area contributed by atoms with Crippen molar-refractivity contribution in [3.63, 3.8) is 0 Å². The lowest BCUT2D eigenvalue weighted by Gasteiger charge is -1.95. The molecule has 1 atom stereocenters. The van der Waals surface area contributed by atoms with Crippen LogP contribution in [0.5, 0.6) is 0 Å². The summed E-state index contributed by atoms with van der Waals surface area (Å²) in [5.41, 5.74) is 5.15. The van der Waals surface area contributed by atoms with Gasteiger partial charge in [-0.15, -0.1) is 0 Å². The van der Waals surface area contributed by atoms with Crippen molar-refractivity contribution in [2.45, 2.75) is 25.8 Å². The topological polar surface area (TPSA) is 38.4 Å². The van der Waals surface area contributed by atoms with E-state index in [1.54, 1.807) is 6.92 Å². The highest BCUT2D eigenvalue weighted by Crippen LogP contribution is 1.94. The van der Waals surface area contributed by atoms with Crippen molar-refractivity contribution in [2.75, 3.05) is 0 Å². The first kappa shape index (κ1) is 7.76. The van der Waals surface area contributed by atoms with E-state index in [9.17, 15) is 0 Å². The van der Waals surface area contributed by atoms with E-state index in [4.69, 9.17) is 17.3 Å². The van der Waals surface area contributed by atoms with E-state index in [1.807, 2.05) is 6.92 Å². The van der Waals surface area contributed by atoms with Crippen LogP contribution in [0.15, 0.2) is 4.99 Å². The standard InChI is InChI=1S/C5H11ClN2/c1-3-5(7)8-4(2)6/h4H,3H2,1-2H3,(H2,7,8). The molecule has 0 aromatic carbocycles. The second-order valence-corrected chi connectivity index (χ2v) is 2.18. The molecule has 48 valence electrons. The lowest BCUT2D eigenvalue weighted by molar-refractivity contribution is 1.01. The second-order valence-electron chi connectivity index (χ2n) is 1.55. The third kappa shape index (κ3) is 3.93. The van der Waals surface area contributed by atoms with Gasteiger partial charge in [0, 0.05) is 6.42 Å². The number of hydrogen-bond acceptors (Lipinski definition) is 1. The number of nitrogens with two attached hydrogens (primary N) is 1. The molecule has 0 fully saturated rings. The van der Waals surface area contributed by atoms with Crippen molar-refractivity contribution in [3.8, 4) is 0 Å². The smallest absolute Gasteiger partial charge is 0.123 e. The molecule has 0 aliphatic heterocycles. The second kappa shape index (κ2) is 3.72. The third-order valence-corrected chi connectivity index (χ3v) is 0.804. The number of alkyl halides is 1. The average Bonchev–Trinajstić information content (AvgIpc) is 1.65. The number of hydrogen-bond donors (Lipinski definition) is 1. The largest absolute Gasteiger partial charge is 0.387 e. The van der Waals surface area contributed by atoms with Gasteiger partial charge in [-0.3, -0.25) is 4.99 Å². The van der Waals surface area contributed by atoms with E-state index in [0.717, 1.165) is 6.42 Å². The molecule has 0 aliphatic rings. The zero-order valence-corrected chi connectivity index (χ0v) is 5.94. The van der Waals surface area contributed by atoms with Gasteiger partial charge in [-0.05, 0) is 6.92 Å². The monoisotopic (exact) mass is 134 g/mol. The van der Waals surface area contributed by atoms with E-state index in [-0.39, 0.29) is 5.50 Å². The zero-order chi connectivity index (χ0) is 6.57. The van der Waals surface area contributed by atoms with Crippen LogP contribution in [0.1, 0.15) is 20.3 Å². The Morgan fingerprint density at radius 3 is 2.50 bits per heavy atom. The van der Waals surface area contributed by atoms with Crippen molar-refractivity contribution in [1.29, 1.82) is 0 Å². The minimum Gasteiger partial charge on any atom is -0.387 e. The number of nitrogens with zero attached hydrogens (tertiary/aromatic N) is 1. The molecule has 3 heteroatoms. The summed E-state index contributed by atoms with van der Waals surface area (Å²) in [5.74, 6) is 0.618. The molecule has 8 heavy (non-hydrogen) atoms. The fraction of sp³-hybridized carbons (Fsp3) is 0.800. The molecule has 1 unspecified atom stereocenters. The third-order valence-electron chi connectivity index (χ3n) is 0.706.